The second kappa shape index (κ2) is 4.85. The first-order chi connectivity index (χ1) is 7.73. The number of carbonyl (C=O) groups is 1. The molecular weight excluding hydrogens is 218 g/mol. The summed E-state index contributed by atoms with van der Waals surface area (Å²) in [5.41, 5.74) is -0.292. The van der Waals surface area contributed by atoms with Crippen molar-refractivity contribution in [3.8, 4) is 0 Å². The Balaban J connectivity index is 2.95. The Morgan fingerprint density at radius 3 is 2.47 bits per heavy atom. The molecule has 0 aliphatic carbocycles. The molecule has 5 nitrogen and oxygen atoms in total. The Hall–Kier alpha value is -1.39. The smallest absolute Gasteiger partial charge is 0.307 e. The van der Waals surface area contributed by atoms with Crippen molar-refractivity contribution in [3.63, 3.8) is 0 Å². The van der Waals surface area contributed by atoms with Crippen LogP contribution in [0.4, 0.5) is 0 Å². The average molecular weight is 239 g/mol. The summed E-state index contributed by atoms with van der Waals surface area (Å²) in [7, 11) is 0. The lowest BCUT2D eigenvalue weighted by Gasteiger charge is -2.27. The third kappa shape index (κ3) is 3.28. The van der Waals surface area contributed by atoms with Crippen LogP contribution in [0.1, 0.15) is 46.5 Å². The molecule has 0 aliphatic heterocycles. The minimum atomic E-state index is -0.782. The molecule has 1 aromatic heterocycles. The van der Waals surface area contributed by atoms with Gasteiger partial charge in [-0.2, -0.15) is 5.10 Å². The summed E-state index contributed by atoms with van der Waals surface area (Å²) in [6.07, 6.45) is 1.90. The molecule has 0 spiro atoms. The van der Waals surface area contributed by atoms with E-state index in [1.54, 1.807) is 4.68 Å². The van der Waals surface area contributed by atoms with Crippen LogP contribution in [0.3, 0.4) is 0 Å². The number of hydrogen-bond donors (Lipinski definition) is 1. The number of aliphatic carboxylic acids is 1. The van der Waals surface area contributed by atoms with Gasteiger partial charge in [0.25, 0.3) is 0 Å². The first-order valence-electron chi connectivity index (χ1n) is 5.84. The molecule has 1 N–H and O–H groups in total. The van der Waals surface area contributed by atoms with E-state index in [4.69, 9.17) is 0 Å². The molecule has 0 saturated heterocycles. The highest BCUT2D eigenvalue weighted by molar-refractivity contribution is 5.71. The third-order valence-electron chi connectivity index (χ3n) is 2.87. The van der Waals surface area contributed by atoms with Gasteiger partial charge in [-0.3, -0.25) is 4.79 Å². The molecule has 5 heteroatoms. The maximum Gasteiger partial charge on any atom is 0.307 e. The molecule has 1 rings (SSSR count). The fourth-order valence-corrected chi connectivity index (χ4v) is 1.80. The van der Waals surface area contributed by atoms with Crippen LogP contribution in [0.15, 0.2) is 6.33 Å². The van der Waals surface area contributed by atoms with Crippen LogP contribution < -0.4 is 0 Å². The van der Waals surface area contributed by atoms with Crippen LogP contribution in [-0.2, 0) is 11.2 Å². The number of aromatic nitrogens is 3. The highest BCUT2D eigenvalue weighted by Gasteiger charge is 2.32. The fourth-order valence-electron chi connectivity index (χ4n) is 1.80. The van der Waals surface area contributed by atoms with E-state index in [-0.39, 0.29) is 11.5 Å². The Morgan fingerprint density at radius 2 is 2.06 bits per heavy atom. The van der Waals surface area contributed by atoms with Gasteiger partial charge in [-0.1, -0.05) is 20.8 Å². The molecule has 0 saturated carbocycles. The summed E-state index contributed by atoms with van der Waals surface area (Å²) in [5.74, 6) is -0.498. The molecule has 0 aliphatic rings. The second-order valence-corrected chi connectivity index (χ2v) is 5.68. The predicted molar refractivity (Wildman–Crippen MR) is 64.7 cm³/mol. The molecule has 1 unspecified atom stereocenters. The Morgan fingerprint density at radius 1 is 1.47 bits per heavy atom. The van der Waals surface area contributed by atoms with E-state index in [9.17, 15) is 9.90 Å². The summed E-state index contributed by atoms with van der Waals surface area (Å²) in [6, 6.07) is 0.196. The van der Waals surface area contributed by atoms with Gasteiger partial charge in [-0.05, 0) is 19.3 Å². The first kappa shape index (κ1) is 13.7. The van der Waals surface area contributed by atoms with Gasteiger partial charge in [0.2, 0.25) is 0 Å². The van der Waals surface area contributed by atoms with Crippen LogP contribution in [0, 0.1) is 11.3 Å². The average Bonchev–Trinajstić information content (AvgIpc) is 2.59. The van der Waals surface area contributed by atoms with E-state index in [1.807, 2.05) is 34.6 Å². The van der Waals surface area contributed by atoms with Crippen LogP contribution in [0.5, 0.6) is 0 Å². The lowest BCUT2D eigenvalue weighted by molar-refractivity contribution is -0.145. The first-order valence-corrected chi connectivity index (χ1v) is 5.84. The summed E-state index contributed by atoms with van der Waals surface area (Å²) >= 11 is 0. The van der Waals surface area contributed by atoms with Crippen molar-refractivity contribution >= 4 is 5.97 Å². The maximum absolute atomic E-state index is 11.3. The number of rotatable bonds is 4. The normalized spacial score (nSPS) is 14.0. The van der Waals surface area contributed by atoms with Gasteiger partial charge >= 0.3 is 5.97 Å². The van der Waals surface area contributed by atoms with Gasteiger partial charge in [-0.15, -0.1) is 0 Å². The van der Waals surface area contributed by atoms with Crippen molar-refractivity contribution in [1.29, 1.82) is 0 Å². The molecule has 0 fully saturated rings. The third-order valence-corrected chi connectivity index (χ3v) is 2.87. The highest BCUT2D eigenvalue weighted by atomic mass is 16.4. The van der Waals surface area contributed by atoms with Gasteiger partial charge in [0.15, 0.2) is 0 Å². The zero-order valence-corrected chi connectivity index (χ0v) is 11.1. The van der Waals surface area contributed by atoms with Crippen molar-refractivity contribution in [2.24, 2.45) is 11.3 Å². The van der Waals surface area contributed by atoms with Crippen LogP contribution >= 0.6 is 0 Å². The largest absolute Gasteiger partial charge is 0.481 e. The van der Waals surface area contributed by atoms with Crippen molar-refractivity contribution in [1.82, 2.24) is 14.8 Å². The van der Waals surface area contributed by atoms with E-state index in [1.165, 1.54) is 6.33 Å². The monoisotopic (exact) mass is 239 g/mol. The molecule has 0 aromatic carbocycles. The van der Waals surface area contributed by atoms with Gasteiger partial charge in [0.1, 0.15) is 12.2 Å². The number of hydrogen-bond acceptors (Lipinski definition) is 3. The van der Waals surface area contributed by atoms with Gasteiger partial charge in [-0.25, -0.2) is 9.67 Å². The summed E-state index contributed by atoms with van der Waals surface area (Å²) < 4.78 is 1.78. The molecule has 96 valence electrons. The highest BCUT2D eigenvalue weighted by Crippen LogP contribution is 2.29. The SMILES string of the molecule is CC(C)n1ncnc1CC(C(=O)O)C(C)(C)C. The summed E-state index contributed by atoms with van der Waals surface area (Å²) in [4.78, 5) is 15.5. The molecule has 0 bridgehead atoms. The molecular formula is C12H21N3O2. The van der Waals surface area contributed by atoms with E-state index >= 15 is 0 Å². The van der Waals surface area contributed by atoms with Gasteiger partial charge < -0.3 is 5.11 Å². The quantitative estimate of drug-likeness (QED) is 0.874. The Labute approximate surface area is 102 Å². The van der Waals surface area contributed by atoms with E-state index in [2.05, 4.69) is 10.1 Å². The van der Waals surface area contributed by atoms with E-state index in [0.29, 0.717) is 6.42 Å². The fraction of sp³-hybridized carbons (Fsp3) is 0.750. The standard InChI is InChI=1S/C12H21N3O2/c1-8(2)15-10(13-7-14-15)6-9(11(16)17)12(3,4)5/h7-9H,6H2,1-5H3,(H,16,17). The minimum absolute atomic E-state index is 0.196. The zero-order valence-electron chi connectivity index (χ0n) is 11.1. The minimum Gasteiger partial charge on any atom is -0.481 e. The molecule has 0 radical (unpaired) electrons. The van der Waals surface area contributed by atoms with Crippen molar-refractivity contribution < 1.29 is 9.90 Å². The number of nitrogens with zero attached hydrogens (tertiary/aromatic N) is 3. The lowest BCUT2D eigenvalue weighted by Crippen LogP contribution is -2.31. The van der Waals surface area contributed by atoms with Gasteiger partial charge in [0.05, 0.1) is 5.92 Å². The topological polar surface area (TPSA) is 68.0 Å². The Kier molecular flexibility index (Phi) is 3.91. The van der Waals surface area contributed by atoms with Crippen LogP contribution in [-0.4, -0.2) is 25.8 Å². The number of carboxylic acids is 1. The predicted octanol–water partition coefficient (Wildman–Crippen LogP) is 2.15. The molecule has 1 atom stereocenters. The molecule has 1 heterocycles. The maximum atomic E-state index is 11.3. The lowest BCUT2D eigenvalue weighted by atomic mass is 9.78. The number of carboxylic acid groups (broad SMARTS) is 1. The van der Waals surface area contributed by atoms with Crippen molar-refractivity contribution in [2.75, 3.05) is 0 Å². The zero-order chi connectivity index (χ0) is 13.2. The van der Waals surface area contributed by atoms with E-state index in [0.717, 1.165) is 5.82 Å². The summed E-state index contributed by atoms with van der Waals surface area (Å²) in [6.45, 7) is 9.81. The van der Waals surface area contributed by atoms with Crippen LogP contribution in [0.25, 0.3) is 0 Å². The molecule has 1 aromatic rings. The second-order valence-electron chi connectivity index (χ2n) is 5.68. The Bertz CT molecular complexity index is 391. The molecule has 17 heavy (non-hydrogen) atoms. The summed E-state index contributed by atoms with van der Waals surface area (Å²) in [5, 5.41) is 13.4. The van der Waals surface area contributed by atoms with Gasteiger partial charge in [0, 0.05) is 12.5 Å². The van der Waals surface area contributed by atoms with Crippen molar-refractivity contribution in [3.05, 3.63) is 12.2 Å². The molecule has 0 amide bonds. The van der Waals surface area contributed by atoms with E-state index < -0.39 is 11.9 Å². The van der Waals surface area contributed by atoms with Crippen LogP contribution in [0.2, 0.25) is 0 Å². The van der Waals surface area contributed by atoms with Crippen molar-refractivity contribution in [2.45, 2.75) is 47.1 Å².